The Bertz CT molecular complexity index is 1010. The first-order valence-corrected chi connectivity index (χ1v) is 9.14. The molecule has 0 unspecified atom stereocenters. The van der Waals surface area contributed by atoms with Crippen LogP contribution in [0.5, 0.6) is 11.5 Å². The van der Waals surface area contributed by atoms with Crippen LogP contribution >= 0.6 is 11.6 Å². The maximum atomic E-state index is 12.2. The molecule has 3 aromatic rings. The smallest absolute Gasteiger partial charge is 0.244 e. The van der Waals surface area contributed by atoms with E-state index in [1.165, 1.54) is 6.08 Å². The first-order chi connectivity index (χ1) is 13.5. The molecule has 0 aliphatic heterocycles. The Hall–Kier alpha value is -3.06. The highest BCUT2D eigenvalue weighted by Gasteiger charge is 2.13. The van der Waals surface area contributed by atoms with Gasteiger partial charge in [0.25, 0.3) is 0 Å². The van der Waals surface area contributed by atoms with Crippen LogP contribution in [0.25, 0.3) is 11.7 Å². The number of nitrogens with one attached hydrogen (secondary N) is 1. The third-order valence-corrected chi connectivity index (χ3v) is 4.12. The van der Waals surface area contributed by atoms with Crippen LogP contribution in [0.15, 0.2) is 42.6 Å². The Morgan fingerprint density at radius 1 is 1.32 bits per heavy atom. The van der Waals surface area contributed by atoms with E-state index in [1.807, 2.05) is 42.6 Å². The van der Waals surface area contributed by atoms with Gasteiger partial charge in [-0.2, -0.15) is 0 Å². The molecule has 0 aliphatic rings. The van der Waals surface area contributed by atoms with Crippen molar-refractivity contribution in [2.24, 2.45) is 0 Å². The fraction of sp³-hybridized carbons (Fsp3) is 0.250. The Kier molecular flexibility index (Phi) is 6.16. The predicted molar refractivity (Wildman–Crippen MR) is 108 cm³/mol. The van der Waals surface area contributed by atoms with Crippen molar-refractivity contribution in [1.29, 1.82) is 0 Å². The second kappa shape index (κ2) is 8.75. The van der Waals surface area contributed by atoms with E-state index < -0.39 is 0 Å². The molecule has 1 aromatic carbocycles. The molecule has 0 aliphatic carbocycles. The van der Waals surface area contributed by atoms with E-state index in [-0.39, 0.29) is 18.6 Å². The topological polar surface area (TPSA) is 77.8 Å². The molecular weight excluding hydrogens is 380 g/mol. The third kappa shape index (κ3) is 4.61. The van der Waals surface area contributed by atoms with Crippen molar-refractivity contribution >= 4 is 29.2 Å². The van der Waals surface area contributed by atoms with Crippen LogP contribution in [0.4, 0.5) is 0 Å². The van der Waals surface area contributed by atoms with Gasteiger partial charge >= 0.3 is 0 Å². The maximum Gasteiger partial charge on any atom is 0.244 e. The molecule has 0 radical (unpaired) electrons. The molecule has 28 heavy (non-hydrogen) atoms. The second-order valence-corrected chi connectivity index (χ2v) is 6.70. The molecule has 0 saturated carbocycles. The molecule has 0 saturated heterocycles. The van der Waals surface area contributed by atoms with Gasteiger partial charge in [0.05, 0.1) is 24.8 Å². The number of carbonyl (C=O) groups is 1. The van der Waals surface area contributed by atoms with Gasteiger partial charge in [0.2, 0.25) is 5.91 Å². The summed E-state index contributed by atoms with van der Waals surface area (Å²) in [6.07, 6.45) is 4.90. The summed E-state index contributed by atoms with van der Waals surface area (Å²) in [7, 11) is 1.54. The Morgan fingerprint density at radius 3 is 2.89 bits per heavy atom. The lowest BCUT2D eigenvalue weighted by atomic mass is 10.2. The van der Waals surface area contributed by atoms with Crippen molar-refractivity contribution < 1.29 is 14.3 Å². The summed E-state index contributed by atoms with van der Waals surface area (Å²) in [6.45, 7) is 4.08. The normalized spacial score (nSPS) is 11.3. The zero-order valence-electron chi connectivity index (χ0n) is 15.8. The zero-order valence-corrected chi connectivity index (χ0v) is 16.6. The highest BCUT2D eigenvalue weighted by molar-refractivity contribution is 6.32. The Labute approximate surface area is 167 Å². The standard InChI is InChI=1S/C20H21ClN4O3/c1-13(2)28-20-15(21)10-14(11-16(20)27-3)7-8-19(26)22-12-18-24-23-17-6-4-5-9-25(17)18/h4-11,13H,12H2,1-3H3,(H,22,26)/b8-7+. The number of hydrogen-bond donors (Lipinski definition) is 1. The monoisotopic (exact) mass is 400 g/mol. The Morgan fingerprint density at radius 2 is 2.14 bits per heavy atom. The third-order valence-electron chi connectivity index (χ3n) is 3.84. The molecule has 0 bridgehead atoms. The van der Waals surface area contributed by atoms with Gasteiger partial charge in [0, 0.05) is 12.3 Å². The number of rotatable bonds is 7. The summed E-state index contributed by atoms with van der Waals surface area (Å²) in [4.78, 5) is 12.2. The number of fused-ring (bicyclic) bond motifs is 1. The number of pyridine rings is 1. The van der Waals surface area contributed by atoms with E-state index in [1.54, 1.807) is 25.3 Å². The number of carbonyl (C=O) groups excluding carboxylic acids is 1. The minimum absolute atomic E-state index is 0.0354. The number of nitrogens with zero attached hydrogens (tertiary/aromatic N) is 3. The molecule has 7 nitrogen and oxygen atoms in total. The number of hydrogen-bond acceptors (Lipinski definition) is 5. The first-order valence-electron chi connectivity index (χ1n) is 8.76. The number of aromatic nitrogens is 3. The molecule has 146 valence electrons. The number of benzene rings is 1. The summed E-state index contributed by atoms with van der Waals surface area (Å²) in [5.41, 5.74) is 1.45. The van der Waals surface area contributed by atoms with Crippen molar-refractivity contribution in [1.82, 2.24) is 19.9 Å². The largest absolute Gasteiger partial charge is 0.493 e. The molecule has 0 spiro atoms. The fourth-order valence-electron chi connectivity index (χ4n) is 2.59. The number of amides is 1. The lowest BCUT2D eigenvalue weighted by molar-refractivity contribution is -0.116. The van der Waals surface area contributed by atoms with E-state index >= 15 is 0 Å². The lowest BCUT2D eigenvalue weighted by Crippen LogP contribution is -2.21. The van der Waals surface area contributed by atoms with Crippen LogP contribution in [0.1, 0.15) is 25.2 Å². The number of halogens is 1. The highest BCUT2D eigenvalue weighted by Crippen LogP contribution is 2.37. The predicted octanol–water partition coefficient (Wildman–Crippen LogP) is 3.51. The van der Waals surface area contributed by atoms with E-state index in [4.69, 9.17) is 21.1 Å². The van der Waals surface area contributed by atoms with E-state index in [0.717, 1.165) is 11.2 Å². The summed E-state index contributed by atoms with van der Waals surface area (Å²) in [6, 6.07) is 9.09. The molecule has 1 amide bonds. The fourth-order valence-corrected chi connectivity index (χ4v) is 2.86. The van der Waals surface area contributed by atoms with Crippen molar-refractivity contribution in [3.05, 3.63) is 59.0 Å². The summed E-state index contributed by atoms with van der Waals surface area (Å²) >= 11 is 6.30. The highest BCUT2D eigenvalue weighted by atomic mass is 35.5. The molecule has 2 heterocycles. The maximum absolute atomic E-state index is 12.2. The quantitative estimate of drug-likeness (QED) is 0.614. The van der Waals surface area contributed by atoms with Gasteiger partial charge in [-0.05, 0) is 49.8 Å². The number of methoxy groups -OCH3 is 1. The molecule has 2 aromatic heterocycles. The molecule has 0 fully saturated rings. The van der Waals surface area contributed by atoms with Crippen molar-refractivity contribution in [3.63, 3.8) is 0 Å². The van der Waals surface area contributed by atoms with Gasteiger partial charge in [-0.1, -0.05) is 17.7 Å². The van der Waals surface area contributed by atoms with Gasteiger partial charge in [-0.3, -0.25) is 9.20 Å². The van der Waals surface area contributed by atoms with Crippen molar-refractivity contribution in [2.75, 3.05) is 7.11 Å². The van der Waals surface area contributed by atoms with E-state index in [2.05, 4.69) is 15.5 Å². The second-order valence-electron chi connectivity index (χ2n) is 6.30. The number of ether oxygens (including phenoxy) is 2. The Balaban J connectivity index is 1.67. The molecule has 3 rings (SSSR count). The van der Waals surface area contributed by atoms with Crippen molar-refractivity contribution in [3.8, 4) is 11.5 Å². The summed E-state index contributed by atoms with van der Waals surface area (Å²) < 4.78 is 12.9. The molecule has 0 atom stereocenters. The van der Waals surface area contributed by atoms with Crippen LogP contribution in [-0.4, -0.2) is 33.7 Å². The SMILES string of the molecule is COc1cc(/C=C/C(=O)NCc2nnc3ccccn23)cc(Cl)c1OC(C)C. The molecule has 8 heteroatoms. The minimum atomic E-state index is -0.259. The van der Waals surface area contributed by atoms with Crippen LogP contribution in [-0.2, 0) is 11.3 Å². The average molecular weight is 401 g/mol. The average Bonchev–Trinajstić information content (AvgIpc) is 3.09. The van der Waals surface area contributed by atoms with Gasteiger partial charge in [0.1, 0.15) is 0 Å². The summed E-state index contributed by atoms with van der Waals surface area (Å²) in [5.74, 6) is 1.39. The summed E-state index contributed by atoms with van der Waals surface area (Å²) in [5, 5.41) is 11.3. The van der Waals surface area contributed by atoms with E-state index in [9.17, 15) is 4.79 Å². The minimum Gasteiger partial charge on any atom is -0.493 e. The zero-order chi connectivity index (χ0) is 20.1. The van der Waals surface area contributed by atoms with Crippen LogP contribution in [0, 0.1) is 0 Å². The van der Waals surface area contributed by atoms with Gasteiger partial charge in [0.15, 0.2) is 23.0 Å². The van der Waals surface area contributed by atoms with Gasteiger partial charge in [-0.15, -0.1) is 10.2 Å². The van der Waals surface area contributed by atoms with Crippen molar-refractivity contribution in [2.45, 2.75) is 26.5 Å². The first kappa shape index (κ1) is 19.7. The van der Waals surface area contributed by atoms with Crippen LogP contribution in [0.2, 0.25) is 5.02 Å². The molecule has 1 N–H and O–H groups in total. The van der Waals surface area contributed by atoms with Crippen LogP contribution in [0.3, 0.4) is 0 Å². The molecular formula is C20H21ClN4O3. The van der Waals surface area contributed by atoms with Gasteiger partial charge < -0.3 is 14.8 Å². The van der Waals surface area contributed by atoms with Crippen LogP contribution < -0.4 is 14.8 Å². The van der Waals surface area contributed by atoms with E-state index in [0.29, 0.717) is 22.3 Å². The van der Waals surface area contributed by atoms with Gasteiger partial charge in [-0.25, -0.2) is 0 Å². The lowest BCUT2D eigenvalue weighted by Gasteiger charge is -2.15.